The van der Waals surface area contributed by atoms with E-state index in [-0.39, 0.29) is 42.7 Å². The highest BCUT2D eigenvalue weighted by molar-refractivity contribution is 8.02. The van der Waals surface area contributed by atoms with Crippen molar-refractivity contribution in [3.8, 4) is 5.75 Å². The van der Waals surface area contributed by atoms with E-state index in [9.17, 15) is 9.90 Å². The molecule has 3 aliphatic heterocycles. The Kier molecular flexibility index (Phi) is 10.3. The molecule has 2 bridgehead atoms. The number of hydrogen-bond acceptors (Lipinski definition) is 6. The Morgan fingerprint density at radius 1 is 0.923 bits per heavy atom. The molecular formula is C43H45N3O5S. The van der Waals surface area contributed by atoms with E-state index in [0.29, 0.717) is 43.0 Å². The predicted molar refractivity (Wildman–Crippen MR) is 209 cm³/mol. The predicted octanol–water partition coefficient (Wildman–Crippen LogP) is 6.67. The van der Waals surface area contributed by atoms with Crippen LogP contribution in [0.25, 0.3) is 10.8 Å². The molecule has 268 valence electrons. The minimum absolute atomic E-state index is 0.135. The van der Waals surface area contributed by atoms with Crippen LogP contribution >= 0.6 is 11.8 Å². The smallest absolute Gasteiger partial charge is 0.251 e. The number of benzene rings is 4. The lowest BCUT2D eigenvalue weighted by Crippen LogP contribution is -2.58. The van der Waals surface area contributed by atoms with Crippen molar-refractivity contribution >= 4 is 51.6 Å². The molecule has 3 aliphatic rings. The number of fused-ring (bicyclic) bond motifs is 2. The molecule has 2 unspecified atom stereocenters. The van der Waals surface area contributed by atoms with Crippen molar-refractivity contribution in [2.75, 3.05) is 36.1 Å². The first-order valence-electron chi connectivity index (χ1n) is 18.1. The molecular weight excluding hydrogens is 671 g/mol. The van der Waals surface area contributed by atoms with Gasteiger partial charge in [-0.1, -0.05) is 72.8 Å². The molecule has 6 atom stereocenters. The molecule has 3 fully saturated rings. The molecule has 4 aromatic rings. The van der Waals surface area contributed by atoms with Gasteiger partial charge in [0.15, 0.2) is 0 Å². The molecule has 9 heteroatoms. The van der Waals surface area contributed by atoms with Crippen LogP contribution in [0.5, 0.6) is 5.75 Å². The summed E-state index contributed by atoms with van der Waals surface area (Å²) < 4.78 is 4.79. The Morgan fingerprint density at radius 3 is 2.25 bits per heavy atom. The quantitative estimate of drug-likeness (QED) is 0.147. The van der Waals surface area contributed by atoms with Gasteiger partial charge in [0.25, 0.3) is 5.91 Å². The number of nitrogens with zero attached hydrogens (tertiary/aromatic N) is 3. The first kappa shape index (κ1) is 35.5. The van der Waals surface area contributed by atoms with Gasteiger partial charge >= 0.3 is 0 Å². The van der Waals surface area contributed by atoms with Crippen LogP contribution in [0.4, 0.5) is 11.4 Å². The average Bonchev–Trinajstić information content (AvgIpc) is 3.82. The number of amides is 3. The molecule has 7 rings (SSSR count). The van der Waals surface area contributed by atoms with Gasteiger partial charge in [-0.15, -0.1) is 24.9 Å². The maximum Gasteiger partial charge on any atom is 0.251 e. The van der Waals surface area contributed by atoms with Gasteiger partial charge in [-0.2, -0.15) is 0 Å². The molecule has 3 heterocycles. The second kappa shape index (κ2) is 15.0. The Morgan fingerprint density at radius 2 is 1.58 bits per heavy atom. The van der Waals surface area contributed by atoms with Gasteiger partial charge in [-0.05, 0) is 78.9 Å². The van der Waals surface area contributed by atoms with Crippen molar-refractivity contribution < 1.29 is 24.2 Å². The molecule has 3 saturated heterocycles. The van der Waals surface area contributed by atoms with Crippen LogP contribution in [0.2, 0.25) is 0 Å². The van der Waals surface area contributed by atoms with E-state index in [2.05, 4.69) is 13.2 Å². The number of carbonyl (C=O) groups is 3. The normalized spacial score (nSPS) is 23.7. The van der Waals surface area contributed by atoms with Crippen LogP contribution < -0.4 is 14.5 Å². The summed E-state index contributed by atoms with van der Waals surface area (Å²) in [5, 5.41) is 12.9. The van der Waals surface area contributed by atoms with Gasteiger partial charge in [0.1, 0.15) is 11.8 Å². The molecule has 4 aromatic carbocycles. The van der Waals surface area contributed by atoms with Crippen molar-refractivity contribution in [2.45, 2.75) is 48.3 Å². The van der Waals surface area contributed by atoms with Crippen molar-refractivity contribution in [1.82, 2.24) is 4.90 Å². The van der Waals surface area contributed by atoms with Crippen LogP contribution in [-0.2, 0) is 20.8 Å². The minimum Gasteiger partial charge on any atom is -0.494 e. The molecule has 0 aliphatic carbocycles. The fourth-order valence-corrected chi connectivity index (χ4v) is 10.8. The lowest BCUT2D eigenvalue weighted by Gasteiger charge is -2.39. The number of rotatable bonds is 14. The lowest BCUT2D eigenvalue weighted by molar-refractivity contribution is -0.141. The summed E-state index contributed by atoms with van der Waals surface area (Å²) in [6.07, 6.45) is 5.08. The monoisotopic (exact) mass is 715 g/mol. The standard InChI is InChI=1S/C43H45N3O5S/c1-4-24-44(32-18-20-35(21-19-32)51-6-3)40(48)37-36-22-23-43(52-36)38(37)41(49)46(34(28-47)26-29-12-8-7-9-13-29)39(43)42(50)45(25-5-2)33-17-16-30-14-10-11-15-31(30)27-33/h4-5,7-21,27,34,36-39,47H,1-2,6,22-26,28H2,3H3/t34-,36-,37+,38+,39?,43?/m1/s1. The van der Waals surface area contributed by atoms with Crippen molar-refractivity contribution in [1.29, 1.82) is 0 Å². The third kappa shape index (κ3) is 6.20. The summed E-state index contributed by atoms with van der Waals surface area (Å²) in [5.41, 5.74) is 2.35. The van der Waals surface area contributed by atoms with E-state index in [1.165, 1.54) is 0 Å². The molecule has 0 saturated carbocycles. The lowest BCUT2D eigenvalue weighted by atomic mass is 9.70. The zero-order chi connectivity index (χ0) is 36.4. The molecule has 1 N–H and O–H groups in total. The number of carbonyl (C=O) groups excluding carboxylic acids is 3. The Balaban J connectivity index is 1.31. The van der Waals surface area contributed by atoms with Gasteiger partial charge < -0.3 is 24.5 Å². The van der Waals surface area contributed by atoms with E-state index in [1.807, 2.05) is 104 Å². The van der Waals surface area contributed by atoms with Crippen LogP contribution in [-0.4, -0.2) is 76.1 Å². The maximum absolute atomic E-state index is 15.3. The number of aliphatic hydroxyl groups excluding tert-OH is 1. The summed E-state index contributed by atoms with van der Waals surface area (Å²) in [5.74, 6) is -1.31. The third-order valence-electron chi connectivity index (χ3n) is 10.8. The molecule has 1 spiro atoms. The molecule has 0 aromatic heterocycles. The summed E-state index contributed by atoms with van der Waals surface area (Å²) in [6.45, 7) is 10.5. The highest BCUT2D eigenvalue weighted by atomic mass is 32.2. The Hall–Kier alpha value is -4.86. The van der Waals surface area contributed by atoms with Crippen molar-refractivity contribution in [3.63, 3.8) is 0 Å². The zero-order valence-electron chi connectivity index (χ0n) is 29.5. The van der Waals surface area contributed by atoms with Crippen LogP contribution in [0, 0.1) is 11.8 Å². The average molecular weight is 716 g/mol. The van der Waals surface area contributed by atoms with E-state index in [4.69, 9.17) is 4.74 Å². The van der Waals surface area contributed by atoms with Crippen LogP contribution in [0.1, 0.15) is 25.3 Å². The van der Waals surface area contributed by atoms with Gasteiger partial charge in [0, 0.05) is 29.7 Å². The Labute approximate surface area is 309 Å². The maximum atomic E-state index is 15.3. The van der Waals surface area contributed by atoms with Gasteiger partial charge in [0.05, 0.1) is 35.8 Å². The van der Waals surface area contributed by atoms with Gasteiger partial charge in [-0.3, -0.25) is 14.4 Å². The first-order valence-corrected chi connectivity index (χ1v) is 18.9. The summed E-state index contributed by atoms with van der Waals surface area (Å²) in [7, 11) is 0. The van der Waals surface area contributed by atoms with E-state index in [0.717, 1.165) is 16.3 Å². The second-order valence-corrected chi connectivity index (χ2v) is 15.4. The molecule has 52 heavy (non-hydrogen) atoms. The number of anilines is 2. The number of thioether (sulfide) groups is 1. The molecule has 0 radical (unpaired) electrons. The number of aliphatic hydroxyl groups is 1. The van der Waals surface area contributed by atoms with Crippen molar-refractivity contribution in [3.05, 3.63) is 128 Å². The third-order valence-corrected chi connectivity index (χ3v) is 12.8. The zero-order valence-corrected chi connectivity index (χ0v) is 30.3. The van der Waals surface area contributed by atoms with Crippen LogP contribution in [0.3, 0.4) is 0 Å². The number of likely N-dealkylation sites (tertiary alicyclic amines) is 1. The second-order valence-electron chi connectivity index (χ2n) is 13.8. The summed E-state index contributed by atoms with van der Waals surface area (Å²) in [4.78, 5) is 50.3. The summed E-state index contributed by atoms with van der Waals surface area (Å²) >= 11 is 1.63. The highest BCUT2D eigenvalue weighted by Gasteiger charge is 2.74. The summed E-state index contributed by atoms with van der Waals surface area (Å²) in [6, 6.07) is 29.5. The topological polar surface area (TPSA) is 90.4 Å². The fourth-order valence-electron chi connectivity index (χ4n) is 8.65. The van der Waals surface area contributed by atoms with E-state index < -0.39 is 28.7 Å². The van der Waals surface area contributed by atoms with E-state index in [1.54, 1.807) is 38.6 Å². The highest BCUT2D eigenvalue weighted by Crippen LogP contribution is 2.67. The number of ether oxygens (including phenoxy) is 1. The van der Waals surface area contributed by atoms with E-state index >= 15 is 9.59 Å². The SMILES string of the molecule is C=CCN(C(=O)C1N([C@@H](CO)Cc2ccccc2)C(=O)[C@@H]2[C@@H](C(=O)N(CC=C)c3ccc(OCC)cc3)[C@H]3CCC12S3)c1ccc2ccccc2c1. The molecule has 8 nitrogen and oxygen atoms in total. The van der Waals surface area contributed by atoms with Gasteiger partial charge in [0.2, 0.25) is 11.8 Å². The number of hydrogen-bond donors (Lipinski definition) is 1. The van der Waals surface area contributed by atoms with Crippen LogP contribution in [0.15, 0.2) is 122 Å². The minimum atomic E-state index is -0.900. The molecule has 3 amide bonds. The van der Waals surface area contributed by atoms with Crippen molar-refractivity contribution in [2.24, 2.45) is 11.8 Å². The van der Waals surface area contributed by atoms with Gasteiger partial charge in [-0.25, -0.2) is 0 Å². The first-order chi connectivity index (χ1) is 25.3. The largest absolute Gasteiger partial charge is 0.494 e. The fraction of sp³-hybridized carbons (Fsp3) is 0.326. The Bertz CT molecular complexity index is 1970.